The monoisotopic (exact) mass is 516 g/mol. The van der Waals surface area contributed by atoms with Crippen LogP contribution in [-0.4, -0.2) is 9.97 Å². The normalized spacial score (nSPS) is 11.8. The summed E-state index contributed by atoms with van der Waals surface area (Å²) in [4.78, 5) is 9.75. The number of unbranched alkanes of at least 4 members (excludes halogenated alkanes) is 6. The van der Waals surface area contributed by atoms with Crippen LogP contribution in [0, 0.1) is 0 Å². The van der Waals surface area contributed by atoms with Gasteiger partial charge in [-0.2, -0.15) is 0 Å². The van der Waals surface area contributed by atoms with Crippen LogP contribution in [0.2, 0.25) is 0 Å². The lowest BCUT2D eigenvalue weighted by Crippen LogP contribution is -1.95. The molecule has 0 saturated heterocycles. The molecule has 2 aromatic heterocycles. The number of hydrogen-bond acceptors (Lipinski definition) is 4. The van der Waals surface area contributed by atoms with Crippen molar-refractivity contribution in [3.63, 3.8) is 0 Å². The minimum absolute atomic E-state index is 0.994. The Labute approximate surface area is 181 Å². The number of benzene rings is 1. The van der Waals surface area contributed by atoms with E-state index < -0.39 is 0 Å². The lowest BCUT2D eigenvalue weighted by molar-refractivity contribution is 0.667. The van der Waals surface area contributed by atoms with Crippen molar-refractivity contribution < 1.29 is 0 Å². The molecule has 0 radical (unpaired) electrons. The number of thiazole rings is 2. The van der Waals surface area contributed by atoms with E-state index in [0.717, 1.165) is 20.7 Å². The first-order valence-corrected chi connectivity index (χ1v) is 12.9. The fraction of sp³-hybridized carbons (Fsp3) is 0.600. The summed E-state index contributed by atoms with van der Waals surface area (Å²) in [6.45, 7) is 4.53. The quantitative estimate of drug-likeness (QED) is 0.251. The Balaban J connectivity index is 2.02. The molecular weight excluding hydrogens is 492 g/mol. The van der Waals surface area contributed by atoms with Gasteiger partial charge in [-0.3, -0.25) is 0 Å². The molecule has 0 amide bonds. The van der Waals surface area contributed by atoms with Gasteiger partial charge in [0.15, 0.2) is 7.83 Å². The number of aromatic nitrogens is 2. The van der Waals surface area contributed by atoms with Crippen molar-refractivity contribution >= 4 is 75.0 Å². The molecule has 0 N–H and O–H groups in total. The summed E-state index contributed by atoms with van der Waals surface area (Å²) in [6, 6.07) is 0. The molecule has 26 heavy (non-hydrogen) atoms. The van der Waals surface area contributed by atoms with E-state index >= 15 is 0 Å². The minimum Gasteiger partial charge on any atom is -0.229 e. The molecule has 0 saturated carbocycles. The second-order valence-electron chi connectivity index (χ2n) is 6.87. The maximum Gasteiger partial charge on any atom is 0.160 e. The zero-order chi connectivity index (χ0) is 18.5. The molecule has 3 aromatic rings. The van der Waals surface area contributed by atoms with E-state index in [1.807, 2.05) is 0 Å². The van der Waals surface area contributed by atoms with E-state index in [4.69, 9.17) is 9.97 Å². The average Bonchev–Trinajstić information content (AvgIpc) is 3.18. The molecule has 2 heterocycles. The van der Waals surface area contributed by atoms with Gasteiger partial charge in [-0.25, -0.2) is 9.97 Å². The summed E-state index contributed by atoms with van der Waals surface area (Å²) in [5, 5.41) is 0. The second kappa shape index (κ2) is 9.94. The molecule has 1 aromatic carbocycles. The summed E-state index contributed by atoms with van der Waals surface area (Å²) in [5.74, 6) is 0. The van der Waals surface area contributed by atoms with Crippen molar-refractivity contribution in [3.05, 3.63) is 19.0 Å². The van der Waals surface area contributed by atoms with Crippen LogP contribution in [0.5, 0.6) is 0 Å². The molecule has 0 unspecified atom stereocenters. The topological polar surface area (TPSA) is 25.8 Å². The van der Waals surface area contributed by atoms with Gasteiger partial charge in [-0.1, -0.05) is 52.4 Å². The van der Waals surface area contributed by atoms with Crippen molar-refractivity contribution in [2.75, 3.05) is 0 Å². The van der Waals surface area contributed by atoms with E-state index in [9.17, 15) is 0 Å². The fourth-order valence-corrected chi connectivity index (χ4v) is 6.65. The summed E-state index contributed by atoms with van der Waals surface area (Å²) < 4.78 is 4.69. The molecule has 0 spiro atoms. The highest BCUT2D eigenvalue weighted by atomic mass is 79.9. The zero-order valence-electron chi connectivity index (χ0n) is 15.5. The molecule has 142 valence electrons. The second-order valence-corrected chi connectivity index (χ2v) is 11.4. The van der Waals surface area contributed by atoms with Gasteiger partial charge >= 0.3 is 0 Å². The molecular formula is C20H26Br2N2S2. The van der Waals surface area contributed by atoms with Gasteiger partial charge in [-0.05, 0) is 68.7 Å². The van der Waals surface area contributed by atoms with Gasteiger partial charge in [0.25, 0.3) is 0 Å². The van der Waals surface area contributed by atoms with Gasteiger partial charge in [0.2, 0.25) is 0 Å². The van der Waals surface area contributed by atoms with Crippen molar-refractivity contribution in [1.29, 1.82) is 0 Å². The molecule has 0 aliphatic heterocycles. The van der Waals surface area contributed by atoms with Crippen LogP contribution in [-0.2, 0) is 12.8 Å². The Morgan fingerprint density at radius 1 is 0.654 bits per heavy atom. The van der Waals surface area contributed by atoms with E-state index in [1.54, 1.807) is 22.7 Å². The molecule has 2 nitrogen and oxygen atoms in total. The predicted octanol–water partition coefficient (Wildman–Crippen LogP) is 8.68. The average molecular weight is 518 g/mol. The van der Waals surface area contributed by atoms with Crippen LogP contribution >= 0.6 is 54.5 Å². The molecule has 0 atom stereocenters. The first-order chi connectivity index (χ1) is 12.7. The Morgan fingerprint density at radius 3 is 1.46 bits per heavy atom. The molecule has 0 aliphatic carbocycles. The van der Waals surface area contributed by atoms with Crippen LogP contribution in [0.4, 0.5) is 0 Å². The molecule has 0 fully saturated rings. The van der Waals surface area contributed by atoms with Gasteiger partial charge in [0, 0.05) is 0 Å². The highest BCUT2D eigenvalue weighted by Crippen LogP contribution is 2.42. The zero-order valence-corrected chi connectivity index (χ0v) is 20.3. The molecule has 0 bridgehead atoms. The predicted molar refractivity (Wildman–Crippen MR) is 124 cm³/mol. The van der Waals surface area contributed by atoms with E-state index in [1.165, 1.54) is 82.9 Å². The van der Waals surface area contributed by atoms with Crippen LogP contribution in [0.25, 0.3) is 20.4 Å². The van der Waals surface area contributed by atoms with Gasteiger partial charge in [0.1, 0.15) is 0 Å². The van der Waals surface area contributed by atoms with Crippen LogP contribution in [0.3, 0.4) is 0 Å². The summed E-state index contributed by atoms with van der Waals surface area (Å²) in [7, 11) is 0. The Morgan fingerprint density at radius 2 is 1.08 bits per heavy atom. The minimum atomic E-state index is 0.994. The Kier molecular flexibility index (Phi) is 7.91. The fourth-order valence-electron chi connectivity index (χ4n) is 3.54. The van der Waals surface area contributed by atoms with Gasteiger partial charge in [0.05, 0.1) is 20.4 Å². The lowest BCUT2D eigenvalue weighted by atomic mass is 9.99. The smallest absolute Gasteiger partial charge is 0.160 e. The SMILES string of the molecule is CCCCCCc1c2nc(Br)sc2c(CCCCCC)c2nc(Br)sc12. The Hall–Kier alpha value is -0.0400. The number of fused-ring (bicyclic) bond motifs is 2. The number of aryl methyl sites for hydroxylation is 2. The van der Waals surface area contributed by atoms with Crippen molar-refractivity contribution in [3.8, 4) is 0 Å². The highest BCUT2D eigenvalue weighted by molar-refractivity contribution is 9.11. The van der Waals surface area contributed by atoms with E-state index in [-0.39, 0.29) is 0 Å². The van der Waals surface area contributed by atoms with E-state index in [0.29, 0.717) is 0 Å². The van der Waals surface area contributed by atoms with E-state index in [2.05, 4.69) is 45.7 Å². The van der Waals surface area contributed by atoms with Crippen LogP contribution < -0.4 is 0 Å². The number of nitrogens with zero attached hydrogens (tertiary/aromatic N) is 2. The number of hydrogen-bond donors (Lipinski definition) is 0. The van der Waals surface area contributed by atoms with Crippen molar-refractivity contribution in [2.24, 2.45) is 0 Å². The van der Waals surface area contributed by atoms with Crippen LogP contribution in [0.1, 0.15) is 76.3 Å². The van der Waals surface area contributed by atoms with Crippen LogP contribution in [0.15, 0.2) is 7.83 Å². The first-order valence-electron chi connectivity index (χ1n) is 9.71. The summed E-state index contributed by atoms with van der Waals surface area (Å²) >= 11 is 10.8. The lowest BCUT2D eigenvalue weighted by Gasteiger charge is -2.09. The maximum atomic E-state index is 4.88. The van der Waals surface area contributed by atoms with Gasteiger partial charge < -0.3 is 0 Å². The maximum absolute atomic E-state index is 4.88. The number of halogens is 2. The molecule has 6 heteroatoms. The van der Waals surface area contributed by atoms with Crippen molar-refractivity contribution in [1.82, 2.24) is 9.97 Å². The number of rotatable bonds is 10. The standard InChI is InChI=1S/C20H26Br2N2S2/c1-3-5-7-9-11-13-15-18(26-19(21)23-15)14(12-10-8-6-4-2)16-17(13)25-20(22)24-16/h3-12H2,1-2H3. The summed E-state index contributed by atoms with van der Waals surface area (Å²) in [5.41, 5.74) is 5.25. The largest absolute Gasteiger partial charge is 0.229 e. The highest BCUT2D eigenvalue weighted by Gasteiger charge is 2.20. The van der Waals surface area contributed by atoms with Gasteiger partial charge in [-0.15, -0.1) is 22.7 Å². The third kappa shape index (κ3) is 4.68. The summed E-state index contributed by atoms with van der Waals surface area (Å²) in [6.07, 6.45) is 12.4. The molecule has 0 aliphatic rings. The third-order valence-corrected chi connectivity index (χ3v) is 8.02. The Bertz CT molecular complexity index is 745. The van der Waals surface area contributed by atoms with Crippen molar-refractivity contribution in [2.45, 2.75) is 78.1 Å². The first kappa shape index (κ1) is 20.7. The molecule has 3 rings (SSSR count). The third-order valence-electron chi connectivity index (χ3n) is 4.88.